The summed E-state index contributed by atoms with van der Waals surface area (Å²) in [7, 11) is 0. The first kappa shape index (κ1) is 81.9. The Morgan fingerprint density at radius 1 is 0.395 bits per heavy atom. The standard InChI is InChI=1S/C77H143NO8/c1-3-5-7-9-11-13-15-17-19-21-23-25-27-29-30-31-32-33-34-35-36-37-38-39-40-41-42-43-45-47-49-51-53-55-57-59-61-63-65-67-73(81)78-70(69-85-77-76(84)75(83)74(82)72(68-79)86-77)71(80)66-64-62-60-58-56-54-52-50-48-46-44-28-26-24-22-20-18-16-14-12-10-8-6-4-2/h15,17,21,23,27,29,56,58,64,66,70-72,74-77,79-80,82-84H,3-14,16,18-20,22,24-26,28,30-55,57,59-63,65,67-69H2,1-2H3,(H,78,81)/b17-15-,23-21-,29-27-,58-56+,66-64+. The number of aliphatic hydroxyl groups excluding tert-OH is 5. The Bertz CT molecular complexity index is 1540. The SMILES string of the molecule is CCCCCCC/C=C\C/C=C\C/C=C\CCCCCCCCCCCCCCCCCCCCCCCCCCC(=O)NC(COC1OC(CO)C(O)C(O)C1O)C(O)/C=C/CC/C=C/CCCCCCCCCCCCCCCCCCCC. The molecular formula is C77H143NO8. The molecule has 86 heavy (non-hydrogen) atoms. The Labute approximate surface area is 532 Å². The highest BCUT2D eigenvalue weighted by molar-refractivity contribution is 5.76. The molecule has 1 heterocycles. The van der Waals surface area contributed by atoms with Gasteiger partial charge in [0.1, 0.15) is 24.4 Å². The lowest BCUT2D eigenvalue weighted by Crippen LogP contribution is -2.60. The van der Waals surface area contributed by atoms with Gasteiger partial charge in [-0.25, -0.2) is 0 Å². The van der Waals surface area contributed by atoms with E-state index in [0.29, 0.717) is 6.42 Å². The van der Waals surface area contributed by atoms with Gasteiger partial charge in [0.25, 0.3) is 0 Å². The van der Waals surface area contributed by atoms with E-state index < -0.39 is 49.5 Å². The van der Waals surface area contributed by atoms with Gasteiger partial charge in [-0.1, -0.05) is 351 Å². The topological polar surface area (TPSA) is 149 Å². The molecule has 0 aromatic rings. The van der Waals surface area contributed by atoms with E-state index in [1.165, 1.54) is 295 Å². The lowest BCUT2D eigenvalue weighted by Gasteiger charge is -2.40. The fourth-order valence-electron chi connectivity index (χ4n) is 12.0. The van der Waals surface area contributed by atoms with E-state index in [0.717, 1.165) is 51.4 Å². The van der Waals surface area contributed by atoms with Crippen LogP contribution in [0, 0.1) is 0 Å². The van der Waals surface area contributed by atoms with Crippen LogP contribution in [0.1, 0.15) is 367 Å². The van der Waals surface area contributed by atoms with Crippen LogP contribution in [0.5, 0.6) is 0 Å². The minimum absolute atomic E-state index is 0.180. The molecule has 0 aliphatic carbocycles. The summed E-state index contributed by atoms with van der Waals surface area (Å²) < 4.78 is 11.3. The van der Waals surface area contributed by atoms with Gasteiger partial charge < -0.3 is 40.3 Å². The van der Waals surface area contributed by atoms with Crippen molar-refractivity contribution in [3.8, 4) is 0 Å². The number of carbonyl (C=O) groups is 1. The second kappa shape index (κ2) is 65.8. The maximum absolute atomic E-state index is 13.1. The molecule has 504 valence electrons. The Kier molecular flexibility index (Phi) is 62.7. The molecule has 1 rings (SSSR count). The highest BCUT2D eigenvalue weighted by atomic mass is 16.7. The Morgan fingerprint density at radius 3 is 1.06 bits per heavy atom. The minimum atomic E-state index is -1.57. The van der Waals surface area contributed by atoms with Crippen LogP contribution in [-0.4, -0.2) is 87.5 Å². The number of nitrogens with one attached hydrogen (secondary N) is 1. The Morgan fingerprint density at radius 2 is 0.698 bits per heavy atom. The molecule has 9 heteroatoms. The molecule has 6 N–H and O–H groups in total. The van der Waals surface area contributed by atoms with Crippen LogP contribution in [0.4, 0.5) is 0 Å². The summed E-state index contributed by atoms with van der Waals surface area (Å²) in [5.41, 5.74) is 0. The van der Waals surface area contributed by atoms with Gasteiger partial charge in [-0.2, -0.15) is 0 Å². The molecular weight excluding hydrogens is 1070 g/mol. The van der Waals surface area contributed by atoms with Gasteiger partial charge in [0.2, 0.25) is 5.91 Å². The van der Waals surface area contributed by atoms with Crippen molar-refractivity contribution in [2.24, 2.45) is 0 Å². The molecule has 1 fully saturated rings. The smallest absolute Gasteiger partial charge is 0.220 e. The number of carbonyl (C=O) groups excluding carboxylic acids is 1. The third kappa shape index (κ3) is 53.7. The number of rotatable bonds is 66. The van der Waals surface area contributed by atoms with Crippen molar-refractivity contribution in [3.63, 3.8) is 0 Å². The van der Waals surface area contributed by atoms with Crippen molar-refractivity contribution in [3.05, 3.63) is 60.8 Å². The van der Waals surface area contributed by atoms with Gasteiger partial charge in [0.15, 0.2) is 6.29 Å². The second-order valence-electron chi connectivity index (χ2n) is 26.1. The summed E-state index contributed by atoms with van der Waals surface area (Å²) in [6.07, 6.45) is 85.0. The zero-order valence-electron chi connectivity index (χ0n) is 56.6. The van der Waals surface area contributed by atoms with Gasteiger partial charge in [-0.15, -0.1) is 0 Å². The summed E-state index contributed by atoms with van der Waals surface area (Å²) in [5, 5.41) is 54.8. The number of hydrogen-bond donors (Lipinski definition) is 6. The number of unbranched alkanes of at least 4 members (excludes halogenated alkanes) is 48. The molecule has 7 unspecified atom stereocenters. The van der Waals surface area contributed by atoms with Crippen molar-refractivity contribution in [1.82, 2.24) is 5.32 Å². The number of allylic oxidation sites excluding steroid dienone is 9. The number of amides is 1. The number of hydrogen-bond acceptors (Lipinski definition) is 8. The van der Waals surface area contributed by atoms with Gasteiger partial charge in [0, 0.05) is 6.42 Å². The van der Waals surface area contributed by atoms with Gasteiger partial charge in [-0.05, 0) is 70.6 Å². The molecule has 0 bridgehead atoms. The van der Waals surface area contributed by atoms with E-state index in [1.807, 2.05) is 6.08 Å². The van der Waals surface area contributed by atoms with Crippen molar-refractivity contribution in [2.45, 2.75) is 410 Å². The highest BCUT2D eigenvalue weighted by Crippen LogP contribution is 2.23. The van der Waals surface area contributed by atoms with Crippen LogP contribution in [-0.2, 0) is 14.3 Å². The largest absolute Gasteiger partial charge is 0.394 e. The van der Waals surface area contributed by atoms with Crippen LogP contribution in [0.3, 0.4) is 0 Å². The van der Waals surface area contributed by atoms with Crippen molar-refractivity contribution in [1.29, 1.82) is 0 Å². The normalized spacial score (nSPS) is 18.3. The predicted molar refractivity (Wildman–Crippen MR) is 369 cm³/mol. The summed E-state index contributed by atoms with van der Waals surface area (Å²) in [5.74, 6) is -0.180. The van der Waals surface area contributed by atoms with Crippen molar-refractivity contribution < 1.29 is 39.8 Å². The van der Waals surface area contributed by atoms with E-state index in [9.17, 15) is 30.3 Å². The van der Waals surface area contributed by atoms with Crippen molar-refractivity contribution >= 4 is 5.91 Å². The highest BCUT2D eigenvalue weighted by Gasteiger charge is 2.44. The van der Waals surface area contributed by atoms with Gasteiger partial charge in [0.05, 0.1) is 25.4 Å². The summed E-state index contributed by atoms with van der Waals surface area (Å²) >= 11 is 0. The molecule has 0 saturated carbocycles. The summed E-state index contributed by atoms with van der Waals surface area (Å²) in [6, 6.07) is -0.823. The van der Waals surface area contributed by atoms with Gasteiger partial charge in [-0.3, -0.25) is 4.79 Å². The molecule has 1 amide bonds. The molecule has 1 aliphatic heterocycles. The lowest BCUT2D eigenvalue weighted by molar-refractivity contribution is -0.302. The fraction of sp³-hybridized carbons (Fsp3) is 0.857. The average Bonchev–Trinajstić information content (AvgIpc) is 3.55. The van der Waals surface area contributed by atoms with E-state index >= 15 is 0 Å². The number of ether oxygens (including phenoxy) is 2. The first-order valence-electron chi connectivity index (χ1n) is 37.5. The zero-order chi connectivity index (χ0) is 62.1. The van der Waals surface area contributed by atoms with E-state index in [4.69, 9.17) is 9.47 Å². The fourth-order valence-corrected chi connectivity index (χ4v) is 12.0. The first-order valence-corrected chi connectivity index (χ1v) is 37.5. The molecule has 0 spiro atoms. The van der Waals surface area contributed by atoms with Crippen LogP contribution in [0.2, 0.25) is 0 Å². The van der Waals surface area contributed by atoms with Crippen LogP contribution in [0.25, 0.3) is 0 Å². The average molecular weight is 1210 g/mol. The molecule has 1 saturated heterocycles. The van der Waals surface area contributed by atoms with Crippen molar-refractivity contribution in [2.75, 3.05) is 13.2 Å². The lowest BCUT2D eigenvalue weighted by atomic mass is 9.99. The van der Waals surface area contributed by atoms with E-state index in [2.05, 4.69) is 67.8 Å². The first-order chi connectivity index (χ1) is 42.3. The summed E-state index contributed by atoms with van der Waals surface area (Å²) in [4.78, 5) is 13.1. The molecule has 1 aliphatic rings. The van der Waals surface area contributed by atoms with E-state index in [1.54, 1.807) is 6.08 Å². The zero-order valence-corrected chi connectivity index (χ0v) is 56.6. The van der Waals surface area contributed by atoms with E-state index in [-0.39, 0.29) is 12.5 Å². The maximum atomic E-state index is 13.1. The predicted octanol–water partition coefficient (Wildman–Crippen LogP) is 20.9. The second-order valence-corrected chi connectivity index (χ2v) is 26.1. The van der Waals surface area contributed by atoms with Crippen LogP contribution in [0.15, 0.2) is 60.8 Å². The number of aliphatic hydroxyl groups is 5. The van der Waals surface area contributed by atoms with Gasteiger partial charge >= 0.3 is 0 Å². The molecule has 9 nitrogen and oxygen atoms in total. The van der Waals surface area contributed by atoms with Crippen LogP contribution >= 0.6 is 0 Å². The molecule has 0 aromatic carbocycles. The molecule has 0 aromatic heterocycles. The quantitative estimate of drug-likeness (QED) is 0.0261. The third-order valence-corrected chi connectivity index (χ3v) is 17.8. The molecule has 0 radical (unpaired) electrons. The monoisotopic (exact) mass is 1210 g/mol. The Hall–Kier alpha value is -2.11. The van der Waals surface area contributed by atoms with Crippen LogP contribution < -0.4 is 5.32 Å². The minimum Gasteiger partial charge on any atom is -0.394 e. The molecule has 7 atom stereocenters. The Balaban J connectivity index is 2.08. The third-order valence-electron chi connectivity index (χ3n) is 17.8. The summed E-state index contributed by atoms with van der Waals surface area (Å²) in [6.45, 7) is 3.80. The maximum Gasteiger partial charge on any atom is 0.220 e.